The SMILES string of the molecule is CC(=O)O[C@@H]1CC[C@]2(C)[C@H]3CC[C@]4(C)[C@@H]5[C@@H](C[C@H]4[C@@H]3CC(=O)[C@@]2(O)C1)O[C@@]1(CC[C@@H](C)CO1)[C@H]5C. The van der Waals surface area contributed by atoms with Crippen molar-refractivity contribution in [3.8, 4) is 0 Å². The molecule has 0 aromatic heterocycles. The van der Waals surface area contributed by atoms with Gasteiger partial charge in [0.15, 0.2) is 11.6 Å². The number of Topliss-reactive ketones (excluding diaryl/α,β-unsaturated/α-hetero) is 1. The summed E-state index contributed by atoms with van der Waals surface area (Å²) in [6, 6.07) is 0. The Bertz CT molecular complexity index is 909. The van der Waals surface area contributed by atoms with Crippen LogP contribution in [0.15, 0.2) is 0 Å². The van der Waals surface area contributed by atoms with E-state index in [0.29, 0.717) is 41.9 Å². The Labute approximate surface area is 209 Å². The van der Waals surface area contributed by atoms with Crippen LogP contribution in [0.3, 0.4) is 0 Å². The summed E-state index contributed by atoms with van der Waals surface area (Å²) >= 11 is 0. The molecule has 2 saturated heterocycles. The molecule has 1 spiro atoms. The summed E-state index contributed by atoms with van der Waals surface area (Å²) in [6.45, 7) is 11.4. The van der Waals surface area contributed by atoms with Crippen LogP contribution in [0.1, 0.15) is 92.4 Å². The molecular formula is C29H44O6. The van der Waals surface area contributed by atoms with E-state index < -0.39 is 16.8 Å². The van der Waals surface area contributed by atoms with E-state index in [2.05, 4.69) is 27.7 Å². The molecular weight excluding hydrogens is 444 g/mol. The summed E-state index contributed by atoms with van der Waals surface area (Å²) in [5.41, 5.74) is -1.71. The second-order valence-corrected chi connectivity index (χ2v) is 13.8. The third kappa shape index (κ3) is 3.18. The van der Waals surface area contributed by atoms with E-state index in [0.717, 1.165) is 51.6 Å². The molecule has 0 amide bonds. The van der Waals surface area contributed by atoms with Crippen LogP contribution in [0, 0.1) is 46.3 Å². The Kier molecular flexibility index (Phi) is 5.41. The Morgan fingerprint density at radius 3 is 2.54 bits per heavy atom. The second-order valence-electron chi connectivity index (χ2n) is 13.8. The van der Waals surface area contributed by atoms with Crippen LogP contribution in [0.2, 0.25) is 0 Å². The third-order valence-corrected chi connectivity index (χ3v) is 12.2. The first kappa shape index (κ1) is 24.4. The number of ketones is 1. The first-order valence-electron chi connectivity index (χ1n) is 14.2. The molecule has 6 rings (SSSR count). The monoisotopic (exact) mass is 488 g/mol. The van der Waals surface area contributed by atoms with E-state index in [-0.39, 0.29) is 35.8 Å². The van der Waals surface area contributed by atoms with E-state index >= 15 is 0 Å². The van der Waals surface area contributed by atoms with Gasteiger partial charge in [0.05, 0.1) is 12.7 Å². The normalized spacial score (nSPS) is 57.3. The number of carbonyl (C=O) groups is 2. The Balaban J connectivity index is 1.26. The van der Waals surface area contributed by atoms with Crippen molar-refractivity contribution in [2.75, 3.05) is 6.61 Å². The minimum atomic E-state index is -1.39. The number of esters is 1. The van der Waals surface area contributed by atoms with Crippen molar-refractivity contribution in [1.29, 1.82) is 0 Å². The minimum absolute atomic E-state index is 0.0329. The predicted molar refractivity (Wildman–Crippen MR) is 129 cm³/mol. The van der Waals surface area contributed by atoms with Gasteiger partial charge < -0.3 is 19.3 Å². The lowest BCUT2D eigenvalue weighted by molar-refractivity contribution is -0.273. The van der Waals surface area contributed by atoms with Crippen LogP contribution in [0.4, 0.5) is 0 Å². The molecule has 6 fully saturated rings. The lowest BCUT2D eigenvalue weighted by atomic mass is 9.42. The molecule has 1 N–H and O–H groups in total. The minimum Gasteiger partial charge on any atom is -0.462 e. The average Bonchev–Trinajstić information content (AvgIpc) is 3.23. The lowest BCUT2D eigenvalue weighted by Crippen LogP contribution is -2.67. The maximum atomic E-state index is 13.7. The molecule has 0 radical (unpaired) electrons. The topological polar surface area (TPSA) is 82.1 Å². The van der Waals surface area contributed by atoms with Gasteiger partial charge in [-0.1, -0.05) is 27.7 Å². The van der Waals surface area contributed by atoms with Crippen molar-refractivity contribution >= 4 is 11.8 Å². The zero-order chi connectivity index (χ0) is 25.0. The van der Waals surface area contributed by atoms with Crippen molar-refractivity contribution in [3.63, 3.8) is 0 Å². The highest BCUT2D eigenvalue weighted by atomic mass is 16.7. The summed E-state index contributed by atoms with van der Waals surface area (Å²) in [4.78, 5) is 25.2. The highest BCUT2D eigenvalue weighted by Crippen LogP contribution is 2.71. The van der Waals surface area contributed by atoms with Gasteiger partial charge in [-0.15, -0.1) is 0 Å². The first-order valence-corrected chi connectivity index (χ1v) is 14.2. The van der Waals surface area contributed by atoms with Crippen LogP contribution < -0.4 is 0 Å². The number of aliphatic hydroxyl groups is 1. The number of hydrogen-bond acceptors (Lipinski definition) is 6. The Morgan fingerprint density at radius 2 is 1.86 bits per heavy atom. The molecule has 6 heteroatoms. The van der Waals surface area contributed by atoms with Crippen molar-refractivity contribution in [2.45, 2.75) is 116 Å². The van der Waals surface area contributed by atoms with Crippen molar-refractivity contribution < 1.29 is 28.9 Å². The molecule has 0 bridgehead atoms. The van der Waals surface area contributed by atoms with Crippen LogP contribution in [0.25, 0.3) is 0 Å². The molecule has 4 aliphatic carbocycles. The molecule has 4 saturated carbocycles. The molecule has 2 aliphatic heterocycles. The Morgan fingerprint density at radius 1 is 1.09 bits per heavy atom. The maximum Gasteiger partial charge on any atom is 0.302 e. The quantitative estimate of drug-likeness (QED) is 0.541. The van der Waals surface area contributed by atoms with Gasteiger partial charge in [-0.05, 0) is 73.5 Å². The van der Waals surface area contributed by atoms with E-state index in [9.17, 15) is 14.7 Å². The summed E-state index contributed by atoms with van der Waals surface area (Å²) in [5, 5.41) is 11.9. The molecule has 35 heavy (non-hydrogen) atoms. The number of fused-ring (bicyclic) bond motifs is 7. The van der Waals surface area contributed by atoms with E-state index in [1.807, 2.05) is 0 Å². The molecule has 0 unspecified atom stereocenters. The average molecular weight is 489 g/mol. The van der Waals surface area contributed by atoms with E-state index in [1.54, 1.807) is 0 Å². The van der Waals surface area contributed by atoms with Gasteiger partial charge >= 0.3 is 5.97 Å². The van der Waals surface area contributed by atoms with Crippen LogP contribution in [-0.4, -0.2) is 47.1 Å². The first-order chi connectivity index (χ1) is 16.4. The van der Waals surface area contributed by atoms with Gasteiger partial charge in [0.25, 0.3) is 0 Å². The number of hydrogen-bond donors (Lipinski definition) is 1. The van der Waals surface area contributed by atoms with Gasteiger partial charge in [-0.2, -0.15) is 0 Å². The zero-order valence-corrected chi connectivity index (χ0v) is 22.2. The molecule has 0 aromatic carbocycles. The van der Waals surface area contributed by atoms with E-state index in [1.165, 1.54) is 6.92 Å². The molecule has 196 valence electrons. The fourth-order valence-corrected chi connectivity index (χ4v) is 10.4. The van der Waals surface area contributed by atoms with Crippen molar-refractivity contribution in [3.05, 3.63) is 0 Å². The number of ether oxygens (including phenoxy) is 3. The smallest absolute Gasteiger partial charge is 0.302 e. The van der Waals surface area contributed by atoms with E-state index in [4.69, 9.17) is 14.2 Å². The fraction of sp³-hybridized carbons (Fsp3) is 0.931. The van der Waals surface area contributed by atoms with Crippen LogP contribution >= 0.6 is 0 Å². The van der Waals surface area contributed by atoms with Gasteiger partial charge in [0, 0.05) is 37.5 Å². The molecule has 12 atom stereocenters. The molecule has 0 aromatic rings. The Hall–Kier alpha value is -0.980. The second kappa shape index (κ2) is 7.77. The lowest BCUT2D eigenvalue weighted by Gasteiger charge is -2.63. The van der Waals surface area contributed by atoms with Gasteiger partial charge in [-0.25, -0.2) is 0 Å². The van der Waals surface area contributed by atoms with Crippen LogP contribution in [-0.2, 0) is 23.8 Å². The summed E-state index contributed by atoms with van der Waals surface area (Å²) < 4.78 is 18.7. The molecule has 6 nitrogen and oxygen atoms in total. The highest BCUT2D eigenvalue weighted by molar-refractivity contribution is 5.89. The number of carbonyl (C=O) groups excluding carboxylic acids is 2. The van der Waals surface area contributed by atoms with Crippen LogP contribution in [0.5, 0.6) is 0 Å². The largest absolute Gasteiger partial charge is 0.462 e. The number of rotatable bonds is 1. The van der Waals surface area contributed by atoms with Crippen molar-refractivity contribution in [2.24, 2.45) is 46.3 Å². The maximum absolute atomic E-state index is 13.7. The summed E-state index contributed by atoms with van der Waals surface area (Å²) in [5.74, 6) is 1.68. The molecule has 6 aliphatic rings. The fourth-order valence-electron chi connectivity index (χ4n) is 10.4. The standard InChI is InChI=1S/C29H44O6/c1-16-6-11-29(33-15-16)17(2)25-23(35-29)13-22-20-12-24(31)28(32)14-19(34-18(3)30)7-10-27(28,5)21(20)8-9-26(22,25)4/h16-17,19-23,25,32H,6-15H2,1-5H3/t16-,17+,19-,20-,21+,22+,23-,25+,26+,27-,28+,29+/m1/s1. The predicted octanol–water partition coefficient (Wildman–Crippen LogP) is 4.66. The highest BCUT2D eigenvalue weighted by Gasteiger charge is 2.72. The zero-order valence-electron chi connectivity index (χ0n) is 22.2. The summed E-state index contributed by atoms with van der Waals surface area (Å²) in [6.07, 6.45) is 7.30. The van der Waals surface area contributed by atoms with Gasteiger partial charge in [0.1, 0.15) is 11.7 Å². The molecule has 2 heterocycles. The third-order valence-electron chi connectivity index (χ3n) is 12.2. The summed E-state index contributed by atoms with van der Waals surface area (Å²) in [7, 11) is 0. The van der Waals surface area contributed by atoms with Gasteiger partial charge in [-0.3, -0.25) is 9.59 Å². The van der Waals surface area contributed by atoms with Gasteiger partial charge in [0.2, 0.25) is 0 Å². The van der Waals surface area contributed by atoms with Crippen molar-refractivity contribution in [1.82, 2.24) is 0 Å².